The predicted octanol–water partition coefficient (Wildman–Crippen LogP) is 3.74. The van der Waals surface area contributed by atoms with Crippen LogP contribution in [0.5, 0.6) is 5.75 Å². The summed E-state index contributed by atoms with van der Waals surface area (Å²) in [5.41, 5.74) is 8.80. The Morgan fingerprint density at radius 2 is 2.11 bits per heavy atom. The van der Waals surface area contributed by atoms with Crippen LogP contribution in [0.25, 0.3) is 0 Å². The highest BCUT2D eigenvalue weighted by Crippen LogP contribution is 2.42. The maximum atomic E-state index is 14.4. The minimum atomic E-state index is -0.607. The Balaban J connectivity index is 1.89. The molecule has 1 atom stereocenters. The fraction of sp³-hybridized carbons (Fsp3) is 0.300. The van der Waals surface area contributed by atoms with Crippen molar-refractivity contribution in [2.45, 2.75) is 24.5 Å². The Bertz CT molecular complexity index is 876. The van der Waals surface area contributed by atoms with Gasteiger partial charge in [0.05, 0.1) is 6.61 Å². The third-order valence-corrected chi connectivity index (χ3v) is 5.51. The zero-order valence-corrected chi connectivity index (χ0v) is 16.0. The number of benzene rings is 2. The molecule has 0 saturated carbocycles. The summed E-state index contributed by atoms with van der Waals surface area (Å²) in [5, 5.41) is 4.25. The van der Waals surface area contributed by atoms with Crippen molar-refractivity contribution in [3.05, 3.63) is 65.2 Å². The Morgan fingerprint density at radius 1 is 1.29 bits per heavy atom. The molecule has 3 N–H and O–H groups in total. The number of carbonyl (C=O) groups excluding carboxylic acids is 1. The Morgan fingerprint density at radius 3 is 2.93 bits per heavy atom. The van der Waals surface area contributed by atoms with Gasteiger partial charge in [-0.25, -0.2) is 14.2 Å². The first kappa shape index (κ1) is 20.3. The van der Waals surface area contributed by atoms with Crippen LogP contribution in [0.1, 0.15) is 35.6 Å². The molecule has 28 heavy (non-hydrogen) atoms. The lowest BCUT2D eigenvalue weighted by Gasteiger charge is -2.25. The van der Waals surface area contributed by atoms with E-state index in [0.29, 0.717) is 26.0 Å². The number of amides is 1. The number of hydrogen-bond donors (Lipinski definition) is 2. The number of thioether (sulfide) groups is 1. The van der Waals surface area contributed by atoms with Gasteiger partial charge >= 0.3 is 0 Å². The van der Waals surface area contributed by atoms with Crippen molar-refractivity contribution in [1.82, 2.24) is 5.43 Å². The molecule has 3 rings (SSSR count). The summed E-state index contributed by atoms with van der Waals surface area (Å²) in [7, 11) is 0. The number of hydrogen-bond acceptors (Lipinski definition) is 5. The van der Waals surface area contributed by atoms with E-state index in [1.165, 1.54) is 11.8 Å². The van der Waals surface area contributed by atoms with Crippen LogP contribution < -0.4 is 15.9 Å². The largest absolute Gasteiger partial charge is 0.493 e. The van der Waals surface area contributed by atoms with Crippen LogP contribution >= 0.6 is 11.8 Å². The fourth-order valence-electron chi connectivity index (χ4n) is 2.81. The molecule has 1 aliphatic heterocycles. The maximum Gasteiger partial charge on any atom is 0.240 e. The van der Waals surface area contributed by atoms with Gasteiger partial charge in [0.25, 0.3) is 0 Å². The number of carbonyl (C=O) groups is 1. The molecule has 0 unspecified atom stereocenters. The standard InChI is InChI=1S/C20H21F2N3O2S/c21-13-7-8-16(22)15(12-13)20(25-24-19(26)6-3-10-23)28-18-9-11-27-17-5-2-1-4-14(17)18/h1-2,4-5,7-8,12,18H,3,6,9-11,23H2,(H,24,26)/b25-20-/t18-/m0/s1. The Labute approximate surface area is 166 Å². The van der Waals surface area contributed by atoms with Gasteiger partial charge < -0.3 is 10.5 Å². The van der Waals surface area contributed by atoms with Crippen LogP contribution in [0, 0.1) is 11.6 Å². The van der Waals surface area contributed by atoms with Crippen molar-refractivity contribution >= 4 is 22.7 Å². The average molecular weight is 405 g/mol. The van der Waals surface area contributed by atoms with Gasteiger partial charge in [0.1, 0.15) is 22.4 Å². The molecule has 1 aliphatic rings. The number of halogens is 2. The molecule has 8 heteroatoms. The van der Waals surface area contributed by atoms with Crippen LogP contribution in [0.15, 0.2) is 47.6 Å². The van der Waals surface area contributed by atoms with Crippen LogP contribution in [0.3, 0.4) is 0 Å². The topological polar surface area (TPSA) is 76.7 Å². The van der Waals surface area contributed by atoms with Crippen molar-refractivity contribution < 1.29 is 18.3 Å². The van der Waals surface area contributed by atoms with Gasteiger partial charge in [-0.15, -0.1) is 0 Å². The average Bonchev–Trinajstić information content (AvgIpc) is 2.71. The summed E-state index contributed by atoms with van der Waals surface area (Å²) in [6.07, 6.45) is 1.41. The summed E-state index contributed by atoms with van der Waals surface area (Å²) in [6, 6.07) is 10.8. The lowest BCUT2D eigenvalue weighted by Crippen LogP contribution is -2.21. The lowest BCUT2D eigenvalue weighted by atomic mass is 10.1. The zero-order valence-electron chi connectivity index (χ0n) is 15.2. The molecule has 2 aromatic carbocycles. The summed E-state index contributed by atoms with van der Waals surface area (Å²) >= 11 is 1.27. The third-order valence-electron chi connectivity index (χ3n) is 4.21. The van der Waals surface area contributed by atoms with E-state index >= 15 is 0 Å². The first-order valence-corrected chi connectivity index (χ1v) is 9.87. The van der Waals surface area contributed by atoms with Gasteiger partial charge in [-0.2, -0.15) is 5.10 Å². The summed E-state index contributed by atoms with van der Waals surface area (Å²) in [6.45, 7) is 0.895. The van der Waals surface area contributed by atoms with E-state index in [1.807, 2.05) is 24.3 Å². The van der Waals surface area contributed by atoms with E-state index in [4.69, 9.17) is 10.5 Å². The number of ether oxygens (including phenoxy) is 1. The van der Waals surface area contributed by atoms with Gasteiger partial charge in [-0.1, -0.05) is 30.0 Å². The van der Waals surface area contributed by atoms with Crippen molar-refractivity contribution in [2.24, 2.45) is 10.8 Å². The van der Waals surface area contributed by atoms with E-state index in [-0.39, 0.29) is 28.2 Å². The lowest BCUT2D eigenvalue weighted by molar-refractivity contribution is -0.121. The Kier molecular flexibility index (Phi) is 7.00. The van der Waals surface area contributed by atoms with Crippen molar-refractivity contribution in [3.8, 4) is 5.75 Å². The monoisotopic (exact) mass is 405 g/mol. The highest BCUT2D eigenvalue weighted by molar-refractivity contribution is 8.14. The molecule has 0 radical (unpaired) electrons. The number of fused-ring (bicyclic) bond motifs is 1. The van der Waals surface area contributed by atoms with Gasteiger partial charge in [0.15, 0.2) is 0 Å². The van der Waals surface area contributed by atoms with E-state index in [1.54, 1.807) is 0 Å². The molecule has 0 bridgehead atoms. The molecular formula is C20H21F2N3O2S. The number of hydrazone groups is 1. The van der Waals surface area contributed by atoms with Gasteiger partial charge in [-0.05, 0) is 43.7 Å². The van der Waals surface area contributed by atoms with Crippen molar-refractivity contribution in [1.29, 1.82) is 0 Å². The second-order valence-electron chi connectivity index (χ2n) is 6.25. The van der Waals surface area contributed by atoms with Crippen LogP contribution in [-0.4, -0.2) is 24.1 Å². The van der Waals surface area contributed by atoms with E-state index in [2.05, 4.69) is 10.5 Å². The SMILES string of the molecule is NCCCC(=O)N/N=C(\S[C@H]1CCOc2ccccc21)c1cc(F)ccc1F. The summed E-state index contributed by atoms with van der Waals surface area (Å²) in [5.74, 6) is -0.749. The van der Waals surface area contributed by atoms with Crippen LogP contribution in [0.4, 0.5) is 8.78 Å². The molecule has 0 aliphatic carbocycles. The Hall–Kier alpha value is -2.45. The number of nitrogens with zero attached hydrogens (tertiary/aromatic N) is 1. The highest BCUT2D eigenvalue weighted by atomic mass is 32.2. The van der Waals surface area contributed by atoms with Crippen LogP contribution in [-0.2, 0) is 4.79 Å². The first-order valence-electron chi connectivity index (χ1n) is 8.99. The highest BCUT2D eigenvalue weighted by Gasteiger charge is 2.25. The zero-order chi connectivity index (χ0) is 19.9. The summed E-state index contributed by atoms with van der Waals surface area (Å²) in [4.78, 5) is 11.9. The predicted molar refractivity (Wildman–Crippen MR) is 106 cm³/mol. The van der Waals surface area contributed by atoms with Gasteiger partial charge in [0, 0.05) is 22.8 Å². The molecule has 0 spiro atoms. The minimum absolute atomic E-state index is 0.00750. The smallest absolute Gasteiger partial charge is 0.240 e. The first-order chi connectivity index (χ1) is 13.6. The molecule has 1 heterocycles. The molecular weight excluding hydrogens is 384 g/mol. The quantitative estimate of drug-likeness (QED) is 0.436. The molecule has 0 fully saturated rings. The molecule has 0 saturated heterocycles. The normalized spacial score (nSPS) is 16.2. The molecule has 148 valence electrons. The third kappa shape index (κ3) is 5.08. The number of para-hydroxylation sites is 1. The summed E-state index contributed by atoms with van der Waals surface area (Å²) < 4.78 is 33.8. The molecule has 5 nitrogen and oxygen atoms in total. The second kappa shape index (κ2) is 9.66. The van der Waals surface area contributed by atoms with Gasteiger partial charge in [0.2, 0.25) is 5.91 Å². The van der Waals surface area contributed by atoms with E-state index in [0.717, 1.165) is 29.5 Å². The number of nitrogens with one attached hydrogen (secondary N) is 1. The van der Waals surface area contributed by atoms with E-state index in [9.17, 15) is 13.6 Å². The second-order valence-corrected chi connectivity index (χ2v) is 7.44. The van der Waals surface area contributed by atoms with Crippen molar-refractivity contribution in [3.63, 3.8) is 0 Å². The van der Waals surface area contributed by atoms with Crippen LogP contribution in [0.2, 0.25) is 0 Å². The van der Waals surface area contributed by atoms with E-state index < -0.39 is 11.6 Å². The van der Waals surface area contributed by atoms with Gasteiger partial charge in [-0.3, -0.25) is 4.79 Å². The van der Waals surface area contributed by atoms with Crippen molar-refractivity contribution in [2.75, 3.05) is 13.2 Å². The molecule has 0 aromatic heterocycles. The molecule has 1 amide bonds. The number of nitrogens with two attached hydrogens (primary N) is 1. The fourth-order valence-corrected chi connectivity index (χ4v) is 4.00. The minimum Gasteiger partial charge on any atom is -0.493 e. The number of rotatable bonds is 6. The maximum absolute atomic E-state index is 14.4. The molecule has 2 aromatic rings.